The molecule has 0 unspecified atom stereocenters. The molecule has 0 atom stereocenters. The van der Waals surface area contributed by atoms with Crippen LogP contribution < -0.4 is 0 Å². The largest absolute Gasteiger partial charge is 0.339 e. The number of halogens is 1. The van der Waals surface area contributed by atoms with Crippen LogP contribution in [0.15, 0.2) is 18.3 Å². The highest BCUT2D eigenvalue weighted by atomic mass is 19.1. The molecule has 1 aliphatic heterocycles. The van der Waals surface area contributed by atoms with Crippen molar-refractivity contribution in [3.8, 4) is 0 Å². The van der Waals surface area contributed by atoms with Gasteiger partial charge in [0.25, 0.3) is 5.91 Å². The van der Waals surface area contributed by atoms with Gasteiger partial charge in [-0.3, -0.25) is 4.79 Å². The van der Waals surface area contributed by atoms with Crippen molar-refractivity contribution >= 4 is 5.91 Å². The van der Waals surface area contributed by atoms with Crippen molar-refractivity contribution < 1.29 is 9.18 Å². The van der Waals surface area contributed by atoms with Crippen molar-refractivity contribution in [1.82, 2.24) is 14.8 Å². The lowest BCUT2D eigenvalue weighted by Gasteiger charge is -2.35. The van der Waals surface area contributed by atoms with Crippen LogP contribution in [0.1, 0.15) is 37.0 Å². The number of hydrogen-bond donors (Lipinski definition) is 0. The molecule has 1 fully saturated rings. The fourth-order valence-corrected chi connectivity index (χ4v) is 2.62. The van der Waals surface area contributed by atoms with E-state index in [0.29, 0.717) is 17.5 Å². The highest BCUT2D eigenvalue weighted by molar-refractivity contribution is 5.93. The molecule has 4 nitrogen and oxygen atoms in total. The summed E-state index contributed by atoms with van der Waals surface area (Å²) in [7, 11) is 2.15. The Hall–Kier alpha value is -1.49. The molecule has 2 rings (SSSR count). The Morgan fingerprint density at radius 3 is 2.62 bits per heavy atom. The van der Waals surface area contributed by atoms with E-state index in [4.69, 9.17) is 0 Å². The van der Waals surface area contributed by atoms with Crippen molar-refractivity contribution in [3.05, 3.63) is 29.8 Å². The van der Waals surface area contributed by atoms with E-state index in [1.165, 1.54) is 18.3 Å². The minimum Gasteiger partial charge on any atom is -0.339 e. The first-order valence-electron chi connectivity index (χ1n) is 7.58. The van der Waals surface area contributed by atoms with E-state index < -0.39 is 5.95 Å². The molecule has 1 aromatic heterocycles. The molecule has 21 heavy (non-hydrogen) atoms. The molecular weight excluding hydrogens is 269 g/mol. The van der Waals surface area contributed by atoms with Crippen molar-refractivity contribution in [2.75, 3.05) is 26.7 Å². The molecular formula is C16H24FN3O. The Bertz CT molecular complexity index is 467. The van der Waals surface area contributed by atoms with E-state index in [9.17, 15) is 9.18 Å². The fourth-order valence-electron chi connectivity index (χ4n) is 2.62. The van der Waals surface area contributed by atoms with Gasteiger partial charge in [0.2, 0.25) is 5.95 Å². The van der Waals surface area contributed by atoms with Gasteiger partial charge in [0.15, 0.2) is 0 Å². The Balaban J connectivity index is 1.86. The van der Waals surface area contributed by atoms with Crippen LogP contribution in [0.25, 0.3) is 0 Å². The van der Waals surface area contributed by atoms with Crippen LogP contribution in [0, 0.1) is 11.9 Å². The van der Waals surface area contributed by atoms with E-state index in [1.54, 1.807) is 0 Å². The molecule has 1 aliphatic rings. The molecule has 0 saturated carbocycles. The van der Waals surface area contributed by atoms with Gasteiger partial charge in [-0.1, -0.05) is 0 Å². The first-order chi connectivity index (χ1) is 9.97. The molecule has 0 bridgehead atoms. The number of piperidine rings is 1. The Morgan fingerprint density at radius 2 is 2.10 bits per heavy atom. The Labute approximate surface area is 126 Å². The van der Waals surface area contributed by atoms with Gasteiger partial charge in [0.05, 0.1) is 5.56 Å². The third-order valence-electron chi connectivity index (χ3n) is 4.30. The third-order valence-corrected chi connectivity index (χ3v) is 4.30. The molecule has 1 saturated heterocycles. The maximum absolute atomic E-state index is 12.8. The normalized spacial score (nSPS) is 16.8. The number of nitrogens with zero attached hydrogens (tertiary/aromatic N) is 3. The zero-order valence-electron chi connectivity index (χ0n) is 13.1. The number of carbonyl (C=O) groups is 1. The molecule has 0 aliphatic carbocycles. The Morgan fingerprint density at radius 1 is 1.43 bits per heavy atom. The third kappa shape index (κ3) is 4.24. The first kappa shape index (κ1) is 15.9. The highest BCUT2D eigenvalue weighted by Gasteiger charge is 2.24. The molecule has 5 heteroatoms. The number of pyridine rings is 1. The van der Waals surface area contributed by atoms with Crippen LogP contribution in [0.2, 0.25) is 0 Å². The van der Waals surface area contributed by atoms with Crippen LogP contribution in [0.3, 0.4) is 0 Å². The van der Waals surface area contributed by atoms with Crippen molar-refractivity contribution in [2.24, 2.45) is 5.92 Å². The van der Waals surface area contributed by atoms with Crippen LogP contribution in [-0.4, -0.2) is 53.4 Å². The SMILES string of the molecule is CC(C)N(C)CC1CCN(C(=O)c2ccc(F)nc2)CC1. The lowest BCUT2D eigenvalue weighted by Crippen LogP contribution is -2.42. The summed E-state index contributed by atoms with van der Waals surface area (Å²) < 4.78 is 12.8. The summed E-state index contributed by atoms with van der Waals surface area (Å²) in [4.78, 5) is 20.1. The van der Waals surface area contributed by atoms with E-state index in [2.05, 4.69) is 30.8 Å². The predicted octanol–water partition coefficient (Wildman–Crippen LogP) is 2.41. The maximum Gasteiger partial charge on any atom is 0.255 e. The lowest BCUT2D eigenvalue weighted by molar-refractivity contribution is 0.0666. The van der Waals surface area contributed by atoms with Gasteiger partial charge >= 0.3 is 0 Å². The number of aromatic nitrogens is 1. The van der Waals surface area contributed by atoms with E-state index in [0.717, 1.165) is 32.5 Å². The zero-order valence-corrected chi connectivity index (χ0v) is 13.1. The van der Waals surface area contributed by atoms with Crippen LogP contribution >= 0.6 is 0 Å². The molecule has 116 valence electrons. The van der Waals surface area contributed by atoms with Crippen molar-refractivity contribution in [1.29, 1.82) is 0 Å². The number of hydrogen-bond acceptors (Lipinski definition) is 3. The standard InChI is InChI=1S/C16H24FN3O/c1-12(2)19(3)11-13-6-8-20(9-7-13)16(21)14-4-5-15(17)18-10-14/h4-5,10,12-13H,6-9,11H2,1-3H3. The average Bonchev–Trinajstić information content (AvgIpc) is 2.48. The summed E-state index contributed by atoms with van der Waals surface area (Å²) in [6.45, 7) is 7.01. The maximum atomic E-state index is 12.8. The summed E-state index contributed by atoms with van der Waals surface area (Å²) in [6, 6.07) is 3.29. The van der Waals surface area contributed by atoms with Crippen LogP contribution in [-0.2, 0) is 0 Å². The van der Waals surface area contributed by atoms with Gasteiger partial charge in [-0.25, -0.2) is 4.98 Å². The Kier molecular flexibility index (Phi) is 5.28. The van der Waals surface area contributed by atoms with E-state index in [1.807, 2.05) is 4.90 Å². The number of likely N-dealkylation sites (tertiary alicyclic amines) is 1. The number of rotatable bonds is 4. The summed E-state index contributed by atoms with van der Waals surface area (Å²) in [5, 5.41) is 0. The fraction of sp³-hybridized carbons (Fsp3) is 0.625. The summed E-state index contributed by atoms with van der Waals surface area (Å²) in [5.74, 6) is 0.0490. The first-order valence-corrected chi connectivity index (χ1v) is 7.58. The van der Waals surface area contributed by atoms with Gasteiger partial charge in [-0.2, -0.15) is 4.39 Å². The van der Waals surface area contributed by atoms with Gasteiger partial charge < -0.3 is 9.80 Å². The van der Waals surface area contributed by atoms with Gasteiger partial charge in [0.1, 0.15) is 0 Å². The second-order valence-corrected chi connectivity index (χ2v) is 6.14. The van der Waals surface area contributed by atoms with Crippen LogP contribution in [0.5, 0.6) is 0 Å². The molecule has 1 aromatic rings. The summed E-state index contributed by atoms with van der Waals surface area (Å²) >= 11 is 0. The number of amides is 1. The molecule has 0 aromatic carbocycles. The van der Waals surface area contributed by atoms with Gasteiger partial charge in [-0.05, 0) is 51.8 Å². The average molecular weight is 293 g/mol. The highest BCUT2D eigenvalue weighted by Crippen LogP contribution is 2.20. The molecule has 1 amide bonds. The minimum atomic E-state index is -0.554. The lowest BCUT2D eigenvalue weighted by atomic mass is 9.95. The van der Waals surface area contributed by atoms with Crippen molar-refractivity contribution in [3.63, 3.8) is 0 Å². The quantitative estimate of drug-likeness (QED) is 0.800. The number of carbonyl (C=O) groups excluding carboxylic acids is 1. The zero-order chi connectivity index (χ0) is 15.4. The molecule has 0 N–H and O–H groups in total. The van der Waals surface area contributed by atoms with E-state index in [-0.39, 0.29) is 5.91 Å². The minimum absolute atomic E-state index is 0.0434. The van der Waals surface area contributed by atoms with Crippen molar-refractivity contribution in [2.45, 2.75) is 32.7 Å². The second-order valence-electron chi connectivity index (χ2n) is 6.14. The predicted molar refractivity (Wildman–Crippen MR) is 80.6 cm³/mol. The van der Waals surface area contributed by atoms with Crippen LogP contribution in [0.4, 0.5) is 4.39 Å². The summed E-state index contributed by atoms with van der Waals surface area (Å²) in [5.41, 5.74) is 0.467. The monoisotopic (exact) mass is 293 g/mol. The molecule has 2 heterocycles. The molecule has 0 spiro atoms. The second kappa shape index (κ2) is 6.98. The topological polar surface area (TPSA) is 36.4 Å². The van der Waals surface area contributed by atoms with E-state index >= 15 is 0 Å². The van der Waals surface area contributed by atoms with Gasteiger partial charge in [0, 0.05) is 31.9 Å². The smallest absolute Gasteiger partial charge is 0.255 e. The summed E-state index contributed by atoms with van der Waals surface area (Å²) in [6.07, 6.45) is 3.37. The van der Waals surface area contributed by atoms with Gasteiger partial charge in [-0.15, -0.1) is 0 Å². The molecule has 0 radical (unpaired) electrons.